The van der Waals surface area contributed by atoms with Gasteiger partial charge in [0, 0.05) is 30.1 Å². The van der Waals surface area contributed by atoms with Crippen molar-refractivity contribution < 1.29 is 32.5 Å². The first-order chi connectivity index (χ1) is 18.4. The maximum Gasteiger partial charge on any atom is 0.310 e. The van der Waals surface area contributed by atoms with Crippen LogP contribution in [0.4, 0.5) is 13.2 Å². The number of aliphatic hydroxyl groups is 1. The molecule has 0 radical (unpaired) electrons. The van der Waals surface area contributed by atoms with E-state index in [-0.39, 0.29) is 23.4 Å². The van der Waals surface area contributed by atoms with Gasteiger partial charge in [-0.3, -0.25) is 9.78 Å². The number of aliphatic hydroxyl groups excluding tert-OH is 1. The highest BCUT2D eigenvalue weighted by Crippen LogP contribution is 2.49. The maximum atomic E-state index is 14.7. The summed E-state index contributed by atoms with van der Waals surface area (Å²) in [5, 5.41) is 15.1. The Morgan fingerprint density at radius 3 is 2.74 bits per heavy atom. The van der Waals surface area contributed by atoms with E-state index in [0.29, 0.717) is 48.7 Å². The summed E-state index contributed by atoms with van der Waals surface area (Å²) >= 11 is 0. The molecule has 6 nitrogen and oxygen atoms in total. The van der Waals surface area contributed by atoms with E-state index in [1.165, 1.54) is 0 Å². The summed E-state index contributed by atoms with van der Waals surface area (Å²) in [6.45, 7) is 1.41. The Morgan fingerprint density at radius 2 is 1.97 bits per heavy atom. The summed E-state index contributed by atoms with van der Waals surface area (Å²) in [5.74, 6) is -3.92. The molecule has 0 bridgehead atoms. The first kappa shape index (κ1) is 26.4. The number of hydrogen-bond acceptors (Lipinski definition) is 6. The first-order valence-corrected chi connectivity index (χ1v) is 13.0. The molecule has 202 valence electrons. The Morgan fingerprint density at radius 1 is 1.16 bits per heavy atom. The van der Waals surface area contributed by atoms with Crippen LogP contribution in [0.2, 0.25) is 0 Å². The average molecular weight is 529 g/mol. The number of rotatable bonds is 8. The molecule has 38 heavy (non-hydrogen) atoms. The van der Waals surface area contributed by atoms with Gasteiger partial charge in [-0.1, -0.05) is 0 Å². The van der Waals surface area contributed by atoms with Gasteiger partial charge >= 0.3 is 5.97 Å². The van der Waals surface area contributed by atoms with Crippen molar-refractivity contribution in [2.24, 2.45) is 11.8 Å². The Balaban J connectivity index is 1.35. The zero-order valence-corrected chi connectivity index (χ0v) is 21.1. The SMILES string of the molecule is COc1ccc2nccc([C@@H](O)CC[C@H]3C(OC(=O)C4CCCNC4)C[C@H]3c3cc(F)c(F)cc3F)c2c1. The van der Waals surface area contributed by atoms with Crippen molar-refractivity contribution in [1.82, 2.24) is 10.3 Å². The minimum absolute atomic E-state index is 0.0640. The lowest BCUT2D eigenvalue weighted by atomic mass is 9.65. The third-order valence-corrected chi connectivity index (χ3v) is 7.93. The number of methoxy groups -OCH3 is 1. The van der Waals surface area contributed by atoms with Crippen LogP contribution < -0.4 is 10.1 Å². The Bertz CT molecular complexity index is 1310. The van der Waals surface area contributed by atoms with E-state index >= 15 is 0 Å². The highest BCUT2D eigenvalue weighted by molar-refractivity contribution is 5.83. The summed E-state index contributed by atoms with van der Waals surface area (Å²) in [5.41, 5.74) is 1.44. The number of nitrogens with one attached hydrogen (secondary N) is 1. The number of benzene rings is 2. The molecule has 2 aliphatic rings. The van der Waals surface area contributed by atoms with Crippen LogP contribution in [0.1, 0.15) is 55.3 Å². The quantitative estimate of drug-likeness (QED) is 0.310. The number of aromatic nitrogens is 1. The van der Waals surface area contributed by atoms with Crippen molar-refractivity contribution in [3.05, 3.63) is 71.2 Å². The molecule has 1 aliphatic carbocycles. The van der Waals surface area contributed by atoms with Crippen molar-refractivity contribution in [1.29, 1.82) is 0 Å². The number of nitrogens with zero attached hydrogens (tertiary/aromatic N) is 1. The molecule has 9 heteroatoms. The maximum absolute atomic E-state index is 14.7. The number of fused-ring (bicyclic) bond motifs is 1. The van der Waals surface area contributed by atoms with Crippen LogP contribution >= 0.6 is 0 Å². The van der Waals surface area contributed by atoms with Gasteiger partial charge in [-0.15, -0.1) is 0 Å². The van der Waals surface area contributed by atoms with Crippen molar-refractivity contribution >= 4 is 16.9 Å². The van der Waals surface area contributed by atoms with Gasteiger partial charge in [0.2, 0.25) is 0 Å². The van der Waals surface area contributed by atoms with Crippen molar-refractivity contribution in [3.8, 4) is 5.75 Å². The number of ether oxygens (including phenoxy) is 2. The molecule has 5 rings (SSSR count). The predicted octanol–water partition coefficient (Wildman–Crippen LogP) is 5.19. The number of carbonyl (C=O) groups is 1. The molecule has 2 N–H and O–H groups in total. The summed E-state index contributed by atoms with van der Waals surface area (Å²) in [4.78, 5) is 17.2. The first-order valence-electron chi connectivity index (χ1n) is 13.0. The summed E-state index contributed by atoms with van der Waals surface area (Å²) in [6, 6.07) is 8.61. The normalized spacial score (nSPS) is 24.0. The largest absolute Gasteiger partial charge is 0.497 e. The molecule has 1 aliphatic heterocycles. The molecule has 0 amide bonds. The third-order valence-electron chi connectivity index (χ3n) is 7.93. The van der Waals surface area contributed by atoms with E-state index in [1.54, 1.807) is 25.4 Å². The van der Waals surface area contributed by atoms with Gasteiger partial charge in [-0.25, -0.2) is 13.2 Å². The topological polar surface area (TPSA) is 80.7 Å². The fourth-order valence-electron chi connectivity index (χ4n) is 5.73. The van der Waals surface area contributed by atoms with E-state index in [0.717, 1.165) is 30.8 Å². The monoisotopic (exact) mass is 528 g/mol. The Hall–Kier alpha value is -3.17. The van der Waals surface area contributed by atoms with Crippen LogP contribution in [0.25, 0.3) is 10.9 Å². The Kier molecular flexibility index (Phi) is 7.85. The molecule has 0 spiro atoms. The van der Waals surface area contributed by atoms with Gasteiger partial charge in [0.15, 0.2) is 11.6 Å². The molecule has 2 fully saturated rings. The fourth-order valence-corrected chi connectivity index (χ4v) is 5.73. The van der Waals surface area contributed by atoms with Crippen molar-refractivity contribution in [2.75, 3.05) is 20.2 Å². The molecule has 3 aromatic rings. The lowest BCUT2D eigenvalue weighted by Crippen LogP contribution is -2.45. The summed E-state index contributed by atoms with van der Waals surface area (Å²) < 4.78 is 53.4. The highest BCUT2D eigenvalue weighted by Gasteiger charge is 2.46. The van der Waals surface area contributed by atoms with Crippen LogP contribution in [0.15, 0.2) is 42.6 Å². The minimum atomic E-state index is -1.25. The zero-order valence-electron chi connectivity index (χ0n) is 21.1. The van der Waals surface area contributed by atoms with Gasteiger partial charge in [-0.2, -0.15) is 0 Å². The molecular weight excluding hydrogens is 497 g/mol. The van der Waals surface area contributed by atoms with Gasteiger partial charge < -0.3 is 19.9 Å². The van der Waals surface area contributed by atoms with E-state index in [1.807, 2.05) is 12.1 Å². The molecular formula is C29H31F3N2O4. The number of esters is 1. The van der Waals surface area contributed by atoms with E-state index < -0.39 is 35.6 Å². The van der Waals surface area contributed by atoms with Crippen LogP contribution in [-0.2, 0) is 9.53 Å². The lowest BCUT2D eigenvalue weighted by molar-refractivity contribution is -0.166. The van der Waals surface area contributed by atoms with Crippen LogP contribution in [0.5, 0.6) is 5.75 Å². The van der Waals surface area contributed by atoms with Crippen molar-refractivity contribution in [2.45, 2.75) is 50.2 Å². The summed E-state index contributed by atoms with van der Waals surface area (Å²) in [6.07, 6.45) is 2.87. The second-order valence-electron chi connectivity index (χ2n) is 10.2. The van der Waals surface area contributed by atoms with Gasteiger partial charge in [-0.05, 0) is 86.0 Å². The smallest absolute Gasteiger partial charge is 0.310 e. The van der Waals surface area contributed by atoms with Crippen LogP contribution in [0, 0.1) is 29.3 Å². The van der Waals surface area contributed by atoms with Gasteiger partial charge in [0.1, 0.15) is 17.7 Å². The Labute approximate surface area is 219 Å². The second kappa shape index (κ2) is 11.3. The zero-order chi connectivity index (χ0) is 26.8. The number of hydrogen-bond donors (Lipinski definition) is 2. The molecule has 2 unspecified atom stereocenters. The predicted molar refractivity (Wildman–Crippen MR) is 135 cm³/mol. The van der Waals surface area contributed by atoms with E-state index in [4.69, 9.17) is 9.47 Å². The molecule has 2 aromatic carbocycles. The van der Waals surface area contributed by atoms with Crippen LogP contribution in [0.3, 0.4) is 0 Å². The molecule has 5 atom stereocenters. The number of carbonyl (C=O) groups excluding carboxylic acids is 1. The van der Waals surface area contributed by atoms with Gasteiger partial charge in [0.25, 0.3) is 0 Å². The third kappa shape index (κ3) is 5.35. The average Bonchev–Trinajstić information content (AvgIpc) is 2.92. The molecule has 1 saturated carbocycles. The fraction of sp³-hybridized carbons (Fsp3) is 0.448. The van der Waals surface area contributed by atoms with Gasteiger partial charge in [0.05, 0.1) is 24.6 Å². The van der Waals surface area contributed by atoms with E-state index in [2.05, 4.69) is 10.3 Å². The minimum Gasteiger partial charge on any atom is -0.497 e. The number of piperidine rings is 1. The van der Waals surface area contributed by atoms with Crippen LogP contribution in [-0.4, -0.2) is 42.4 Å². The lowest BCUT2D eigenvalue weighted by Gasteiger charge is -2.45. The molecule has 2 heterocycles. The number of pyridine rings is 1. The molecule has 1 aromatic heterocycles. The molecule has 1 saturated heterocycles. The highest BCUT2D eigenvalue weighted by atomic mass is 19.2. The standard InChI is InChI=1S/C29H31F3N2O4/c1-37-17-4-6-26-22(11-17)18(8-10-34-26)27(35)7-5-19-20(21-12-24(31)25(32)14-23(21)30)13-28(19)38-29(36)16-3-2-9-33-15-16/h4,6,8,10-12,14,16,19-20,27-28,33,35H,2-3,5,7,9,13,15H2,1H3/t16?,19-,20-,27+,28?/m1/s1. The summed E-state index contributed by atoms with van der Waals surface area (Å²) in [7, 11) is 1.56. The van der Waals surface area contributed by atoms with E-state index in [9.17, 15) is 23.1 Å². The number of halogens is 3. The van der Waals surface area contributed by atoms with Crippen molar-refractivity contribution in [3.63, 3.8) is 0 Å². The second-order valence-corrected chi connectivity index (χ2v) is 10.2.